The maximum Gasteiger partial charge on any atom is 0.573 e. The minimum absolute atomic E-state index is 0.135. The quantitative estimate of drug-likeness (QED) is 0.897. The molecule has 17 heavy (non-hydrogen) atoms. The minimum atomic E-state index is -4.75. The number of hydrogen-bond acceptors (Lipinski definition) is 3. The molecule has 0 heterocycles. The van der Waals surface area contributed by atoms with Crippen LogP contribution in [0.15, 0.2) is 22.7 Å². The van der Waals surface area contributed by atoms with Gasteiger partial charge in [-0.3, -0.25) is 0 Å². The standard InChI is InChI=1S/C10H11BrF3NO2/c1-6(16)5-15-8-3-2-7(11)4-9(8)17-10(12,13)14/h2-4,6,15-16H,5H2,1H3. The number of halogens is 4. The van der Waals surface area contributed by atoms with E-state index in [2.05, 4.69) is 26.0 Å². The van der Waals surface area contributed by atoms with Crippen molar-refractivity contribution in [2.75, 3.05) is 11.9 Å². The third-order valence-electron chi connectivity index (χ3n) is 1.76. The third-order valence-corrected chi connectivity index (χ3v) is 2.25. The van der Waals surface area contributed by atoms with E-state index in [1.165, 1.54) is 19.1 Å². The lowest BCUT2D eigenvalue weighted by Gasteiger charge is -2.15. The van der Waals surface area contributed by atoms with E-state index in [0.29, 0.717) is 4.47 Å². The third kappa shape index (κ3) is 5.27. The molecule has 7 heteroatoms. The van der Waals surface area contributed by atoms with Gasteiger partial charge in [0.15, 0.2) is 5.75 Å². The Kier molecular flexibility index (Phi) is 4.64. The van der Waals surface area contributed by atoms with Crippen LogP contribution in [0.2, 0.25) is 0 Å². The number of nitrogens with one attached hydrogen (secondary N) is 1. The van der Waals surface area contributed by atoms with Crippen molar-refractivity contribution < 1.29 is 23.0 Å². The van der Waals surface area contributed by atoms with E-state index in [0.717, 1.165) is 0 Å². The van der Waals surface area contributed by atoms with Crippen molar-refractivity contribution in [1.29, 1.82) is 0 Å². The zero-order valence-corrected chi connectivity index (χ0v) is 10.5. The summed E-state index contributed by atoms with van der Waals surface area (Å²) in [6.07, 6.45) is -5.42. The van der Waals surface area contributed by atoms with Crippen LogP contribution in [0.5, 0.6) is 5.75 Å². The van der Waals surface area contributed by atoms with Crippen molar-refractivity contribution in [3.05, 3.63) is 22.7 Å². The van der Waals surface area contributed by atoms with E-state index in [4.69, 9.17) is 5.11 Å². The molecule has 0 aromatic heterocycles. The molecular weight excluding hydrogens is 303 g/mol. The second kappa shape index (κ2) is 5.59. The molecule has 1 aromatic carbocycles. The van der Waals surface area contributed by atoms with Crippen LogP contribution in [0, 0.1) is 0 Å². The first-order chi connectivity index (χ1) is 7.78. The van der Waals surface area contributed by atoms with Gasteiger partial charge in [-0.15, -0.1) is 13.2 Å². The van der Waals surface area contributed by atoms with Gasteiger partial charge in [0.05, 0.1) is 11.8 Å². The van der Waals surface area contributed by atoms with Crippen LogP contribution >= 0.6 is 15.9 Å². The van der Waals surface area contributed by atoms with E-state index in [9.17, 15) is 13.2 Å². The number of aliphatic hydroxyl groups excluding tert-OH is 1. The van der Waals surface area contributed by atoms with Gasteiger partial charge in [-0.05, 0) is 25.1 Å². The summed E-state index contributed by atoms with van der Waals surface area (Å²) in [6, 6.07) is 4.22. The van der Waals surface area contributed by atoms with Gasteiger partial charge in [0.1, 0.15) is 0 Å². The maximum absolute atomic E-state index is 12.1. The first-order valence-corrected chi connectivity index (χ1v) is 5.54. The molecule has 2 N–H and O–H groups in total. The Hall–Kier alpha value is -0.950. The Morgan fingerprint density at radius 2 is 2.12 bits per heavy atom. The zero-order chi connectivity index (χ0) is 13.1. The normalized spacial score (nSPS) is 13.3. The Morgan fingerprint density at radius 1 is 1.47 bits per heavy atom. The fourth-order valence-electron chi connectivity index (χ4n) is 1.11. The summed E-state index contributed by atoms with van der Waals surface area (Å²) < 4.78 is 40.8. The molecule has 96 valence electrons. The van der Waals surface area contributed by atoms with Crippen LogP contribution < -0.4 is 10.1 Å². The largest absolute Gasteiger partial charge is 0.573 e. The predicted molar refractivity (Wildman–Crippen MR) is 61.0 cm³/mol. The summed E-state index contributed by atoms with van der Waals surface area (Å²) in [4.78, 5) is 0. The molecule has 0 fully saturated rings. The Bertz CT molecular complexity index is 382. The van der Waals surface area contributed by atoms with E-state index in [1.54, 1.807) is 6.07 Å². The van der Waals surface area contributed by atoms with Crippen LogP contribution in [-0.4, -0.2) is 24.1 Å². The van der Waals surface area contributed by atoms with Crippen LogP contribution in [0.25, 0.3) is 0 Å². The van der Waals surface area contributed by atoms with Crippen molar-refractivity contribution in [3.63, 3.8) is 0 Å². The van der Waals surface area contributed by atoms with Gasteiger partial charge in [0, 0.05) is 11.0 Å². The van der Waals surface area contributed by atoms with Crippen molar-refractivity contribution in [2.45, 2.75) is 19.4 Å². The Morgan fingerprint density at radius 3 is 2.65 bits per heavy atom. The zero-order valence-electron chi connectivity index (χ0n) is 8.88. The van der Waals surface area contributed by atoms with Gasteiger partial charge < -0.3 is 15.2 Å². The number of aliphatic hydroxyl groups is 1. The topological polar surface area (TPSA) is 41.5 Å². The van der Waals surface area contributed by atoms with Gasteiger partial charge in [0.2, 0.25) is 0 Å². The number of ether oxygens (including phenoxy) is 1. The van der Waals surface area contributed by atoms with Crippen molar-refractivity contribution >= 4 is 21.6 Å². The Labute approximate surface area is 105 Å². The molecule has 0 aliphatic carbocycles. The van der Waals surface area contributed by atoms with Crippen LogP contribution in [-0.2, 0) is 0 Å². The summed E-state index contributed by atoms with van der Waals surface area (Å²) in [5.41, 5.74) is 0.173. The lowest BCUT2D eigenvalue weighted by molar-refractivity contribution is -0.274. The molecule has 0 aliphatic rings. The highest BCUT2D eigenvalue weighted by molar-refractivity contribution is 9.10. The lowest BCUT2D eigenvalue weighted by Crippen LogP contribution is -2.20. The van der Waals surface area contributed by atoms with Crippen LogP contribution in [0.1, 0.15) is 6.92 Å². The van der Waals surface area contributed by atoms with Crippen molar-refractivity contribution in [3.8, 4) is 5.75 Å². The van der Waals surface area contributed by atoms with E-state index < -0.39 is 12.5 Å². The molecule has 0 radical (unpaired) electrons. The molecule has 0 saturated carbocycles. The van der Waals surface area contributed by atoms with Crippen molar-refractivity contribution in [1.82, 2.24) is 0 Å². The Balaban J connectivity index is 2.88. The fraction of sp³-hybridized carbons (Fsp3) is 0.400. The minimum Gasteiger partial charge on any atom is -0.404 e. The molecule has 3 nitrogen and oxygen atoms in total. The highest BCUT2D eigenvalue weighted by Gasteiger charge is 2.32. The van der Waals surface area contributed by atoms with Gasteiger partial charge in [-0.1, -0.05) is 15.9 Å². The van der Waals surface area contributed by atoms with Crippen molar-refractivity contribution in [2.24, 2.45) is 0 Å². The number of alkyl halides is 3. The average Bonchev–Trinajstić information content (AvgIpc) is 2.13. The lowest BCUT2D eigenvalue weighted by atomic mass is 10.3. The molecule has 1 unspecified atom stereocenters. The highest BCUT2D eigenvalue weighted by atomic mass is 79.9. The molecular formula is C10H11BrF3NO2. The monoisotopic (exact) mass is 313 g/mol. The molecule has 0 amide bonds. The van der Waals surface area contributed by atoms with E-state index in [1.807, 2.05) is 0 Å². The van der Waals surface area contributed by atoms with E-state index in [-0.39, 0.29) is 18.0 Å². The van der Waals surface area contributed by atoms with Gasteiger partial charge in [-0.25, -0.2) is 0 Å². The summed E-state index contributed by atoms with van der Waals surface area (Å²) in [5, 5.41) is 11.7. The van der Waals surface area contributed by atoms with Gasteiger partial charge in [0.25, 0.3) is 0 Å². The van der Waals surface area contributed by atoms with E-state index >= 15 is 0 Å². The molecule has 1 atom stereocenters. The number of benzene rings is 1. The average molecular weight is 314 g/mol. The summed E-state index contributed by atoms with van der Waals surface area (Å²) in [6.45, 7) is 1.66. The van der Waals surface area contributed by atoms with Crippen LogP contribution in [0.3, 0.4) is 0 Å². The molecule has 0 aliphatic heterocycles. The molecule has 0 spiro atoms. The number of hydrogen-bond donors (Lipinski definition) is 2. The van der Waals surface area contributed by atoms with Gasteiger partial charge >= 0.3 is 6.36 Å². The maximum atomic E-state index is 12.1. The molecule has 1 rings (SSSR count). The predicted octanol–water partition coefficient (Wildman–Crippen LogP) is 3.14. The van der Waals surface area contributed by atoms with Crippen LogP contribution in [0.4, 0.5) is 18.9 Å². The highest BCUT2D eigenvalue weighted by Crippen LogP contribution is 2.32. The molecule has 0 bridgehead atoms. The number of rotatable bonds is 4. The fourth-order valence-corrected chi connectivity index (χ4v) is 1.45. The summed E-state index contributed by atoms with van der Waals surface area (Å²) in [5.74, 6) is -0.340. The first kappa shape index (κ1) is 14.1. The second-order valence-corrected chi connectivity index (χ2v) is 4.33. The second-order valence-electron chi connectivity index (χ2n) is 3.42. The van der Waals surface area contributed by atoms with Gasteiger partial charge in [-0.2, -0.15) is 0 Å². The SMILES string of the molecule is CC(O)CNc1ccc(Br)cc1OC(F)(F)F. The molecule has 1 aromatic rings. The first-order valence-electron chi connectivity index (χ1n) is 4.75. The smallest absolute Gasteiger partial charge is 0.404 e. The molecule has 0 saturated heterocycles. The number of anilines is 1. The summed E-state index contributed by atoms with van der Waals surface area (Å²) in [7, 11) is 0. The summed E-state index contributed by atoms with van der Waals surface area (Å²) >= 11 is 3.06.